The largest absolute Gasteiger partial charge is 0.334 e. The average molecular weight is 416 g/mol. The van der Waals surface area contributed by atoms with E-state index in [9.17, 15) is 13.2 Å². The maximum Gasteiger partial charge on any atom is 0.315 e. The van der Waals surface area contributed by atoms with Gasteiger partial charge in [0.05, 0.1) is 18.0 Å². The highest BCUT2D eigenvalue weighted by atomic mass is 35.5. The van der Waals surface area contributed by atoms with Gasteiger partial charge in [-0.2, -0.15) is 0 Å². The zero-order chi connectivity index (χ0) is 19.3. The van der Waals surface area contributed by atoms with Gasteiger partial charge in [0.15, 0.2) is 0 Å². The number of hydrogen-bond acceptors (Lipinski definition) is 3. The SMILES string of the molecule is CC(NC(=O)NCc1ccccc1NS(C)(=O)=O)c1ccc(Cl)cc1Cl. The predicted octanol–water partition coefficient (Wildman–Crippen LogP) is 3.93. The van der Waals surface area contributed by atoms with E-state index in [1.165, 1.54) is 0 Å². The van der Waals surface area contributed by atoms with Crippen LogP contribution >= 0.6 is 23.2 Å². The summed E-state index contributed by atoms with van der Waals surface area (Å²) in [6.07, 6.45) is 1.07. The summed E-state index contributed by atoms with van der Waals surface area (Å²) < 4.78 is 25.3. The molecule has 0 saturated carbocycles. The Labute approximate surface area is 162 Å². The Bertz CT molecular complexity index is 904. The van der Waals surface area contributed by atoms with Crippen LogP contribution in [-0.4, -0.2) is 20.7 Å². The summed E-state index contributed by atoms with van der Waals surface area (Å²) in [5, 5.41) is 6.47. The van der Waals surface area contributed by atoms with Crippen molar-refractivity contribution < 1.29 is 13.2 Å². The van der Waals surface area contributed by atoms with Gasteiger partial charge < -0.3 is 10.6 Å². The lowest BCUT2D eigenvalue weighted by molar-refractivity contribution is 0.237. The van der Waals surface area contributed by atoms with Gasteiger partial charge in [-0.05, 0) is 36.2 Å². The molecule has 26 heavy (non-hydrogen) atoms. The van der Waals surface area contributed by atoms with Crippen LogP contribution < -0.4 is 15.4 Å². The first kappa shape index (κ1) is 20.4. The van der Waals surface area contributed by atoms with Crippen LogP contribution in [0, 0.1) is 0 Å². The van der Waals surface area contributed by atoms with Gasteiger partial charge in [-0.15, -0.1) is 0 Å². The third-order valence-electron chi connectivity index (χ3n) is 3.53. The quantitative estimate of drug-likeness (QED) is 0.667. The number of rotatable bonds is 6. The maximum atomic E-state index is 12.1. The van der Waals surface area contributed by atoms with E-state index < -0.39 is 16.1 Å². The molecular formula is C17H19Cl2N3O3S. The molecule has 2 rings (SSSR count). The number of para-hydroxylation sites is 1. The summed E-state index contributed by atoms with van der Waals surface area (Å²) in [4.78, 5) is 12.1. The predicted molar refractivity (Wildman–Crippen MR) is 105 cm³/mol. The van der Waals surface area contributed by atoms with Crippen LogP contribution in [0.25, 0.3) is 0 Å². The van der Waals surface area contributed by atoms with E-state index in [2.05, 4.69) is 15.4 Å². The molecule has 1 unspecified atom stereocenters. The Hall–Kier alpha value is -1.96. The van der Waals surface area contributed by atoms with E-state index in [1.807, 2.05) is 0 Å². The van der Waals surface area contributed by atoms with E-state index in [0.29, 0.717) is 21.3 Å². The minimum atomic E-state index is -3.41. The van der Waals surface area contributed by atoms with Crippen molar-refractivity contribution in [3.8, 4) is 0 Å². The van der Waals surface area contributed by atoms with Gasteiger partial charge in [0.2, 0.25) is 10.0 Å². The van der Waals surface area contributed by atoms with Crippen molar-refractivity contribution >= 4 is 44.9 Å². The van der Waals surface area contributed by atoms with Crippen LogP contribution in [0.3, 0.4) is 0 Å². The van der Waals surface area contributed by atoms with Crippen molar-refractivity contribution in [2.75, 3.05) is 11.0 Å². The molecule has 2 aromatic rings. The average Bonchev–Trinajstić information content (AvgIpc) is 2.52. The number of anilines is 1. The minimum Gasteiger partial charge on any atom is -0.334 e. The fourth-order valence-corrected chi connectivity index (χ4v) is 3.50. The van der Waals surface area contributed by atoms with Gasteiger partial charge in [-0.1, -0.05) is 47.5 Å². The van der Waals surface area contributed by atoms with Crippen molar-refractivity contribution in [1.29, 1.82) is 0 Å². The molecule has 0 bridgehead atoms. The Morgan fingerprint density at radius 3 is 2.50 bits per heavy atom. The molecule has 2 aromatic carbocycles. The first-order valence-corrected chi connectivity index (χ1v) is 10.4. The van der Waals surface area contributed by atoms with Crippen LogP contribution in [0.5, 0.6) is 0 Å². The summed E-state index contributed by atoms with van der Waals surface area (Å²) in [5.41, 5.74) is 1.81. The summed E-state index contributed by atoms with van der Waals surface area (Å²) in [6.45, 7) is 1.96. The lowest BCUT2D eigenvalue weighted by Crippen LogP contribution is -2.36. The smallest absolute Gasteiger partial charge is 0.315 e. The highest BCUT2D eigenvalue weighted by molar-refractivity contribution is 7.92. The number of carbonyl (C=O) groups is 1. The minimum absolute atomic E-state index is 0.158. The molecule has 9 heteroatoms. The fourth-order valence-electron chi connectivity index (χ4n) is 2.33. The molecule has 0 heterocycles. The molecule has 0 aliphatic carbocycles. The van der Waals surface area contributed by atoms with Crippen LogP contribution in [0.15, 0.2) is 42.5 Å². The number of urea groups is 1. The standard InChI is InChI=1S/C17H19Cl2N3O3S/c1-11(14-8-7-13(18)9-15(14)19)21-17(23)20-10-12-5-3-4-6-16(12)22-26(2,24)25/h3-9,11,22H,10H2,1-2H3,(H2,20,21,23). The van der Waals surface area contributed by atoms with Crippen molar-refractivity contribution in [2.24, 2.45) is 0 Å². The molecule has 0 fully saturated rings. The van der Waals surface area contributed by atoms with Crippen molar-refractivity contribution in [2.45, 2.75) is 19.5 Å². The summed E-state index contributed by atoms with van der Waals surface area (Å²) in [7, 11) is -3.41. The highest BCUT2D eigenvalue weighted by Gasteiger charge is 2.13. The molecule has 3 N–H and O–H groups in total. The molecule has 0 aromatic heterocycles. The highest BCUT2D eigenvalue weighted by Crippen LogP contribution is 2.26. The third-order valence-corrected chi connectivity index (χ3v) is 4.68. The van der Waals surface area contributed by atoms with E-state index in [-0.39, 0.29) is 12.6 Å². The lowest BCUT2D eigenvalue weighted by atomic mass is 10.1. The number of nitrogens with one attached hydrogen (secondary N) is 3. The summed E-state index contributed by atoms with van der Waals surface area (Å²) in [5.74, 6) is 0. The van der Waals surface area contributed by atoms with Crippen LogP contribution in [0.1, 0.15) is 24.1 Å². The monoisotopic (exact) mass is 415 g/mol. The molecule has 1 atom stereocenters. The van der Waals surface area contributed by atoms with Gasteiger partial charge >= 0.3 is 6.03 Å². The summed E-state index contributed by atoms with van der Waals surface area (Å²) >= 11 is 12.0. The lowest BCUT2D eigenvalue weighted by Gasteiger charge is -2.17. The van der Waals surface area contributed by atoms with Gasteiger partial charge in [-0.3, -0.25) is 4.72 Å². The van der Waals surface area contributed by atoms with E-state index in [1.54, 1.807) is 49.4 Å². The molecular weight excluding hydrogens is 397 g/mol. The van der Waals surface area contributed by atoms with Crippen molar-refractivity contribution in [3.05, 3.63) is 63.6 Å². The number of hydrogen-bond donors (Lipinski definition) is 3. The summed E-state index contributed by atoms with van der Waals surface area (Å²) in [6, 6.07) is 11.2. The van der Waals surface area contributed by atoms with E-state index in [4.69, 9.17) is 23.2 Å². The molecule has 0 spiro atoms. The Kier molecular flexibility index (Phi) is 6.75. The first-order valence-electron chi connectivity index (χ1n) is 7.70. The normalized spacial score (nSPS) is 12.3. The topological polar surface area (TPSA) is 87.3 Å². The first-order chi connectivity index (χ1) is 12.2. The number of carbonyl (C=O) groups excluding carboxylic acids is 1. The Morgan fingerprint density at radius 1 is 1.15 bits per heavy atom. The van der Waals surface area contributed by atoms with Crippen LogP contribution in [-0.2, 0) is 16.6 Å². The van der Waals surface area contributed by atoms with Gasteiger partial charge in [0.25, 0.3) is 0 Å². The zero-order valence-corrected chi connectivity index (χ0v) is 16.5. The number of benzene rings is 2. The zero-order valence-electron chi connectivity index (χ0n) is 14.2. The molecule has 2 amide bonds. The molecule has 0 saturated heterocycles. The Morgan fingerprint density at radius 2 is 1.85 bits per heavy atom. The molecule has 0 aliphatic rings. The Balaban J connectivity index is 1.99. The number of sulfonamides is 1. The van der Waals surface area contributed by atoms with Crippen molar-refractivity contribution in [1.82, 2.24) is 10.6 Å². The second-order valence-electron chi connectivity index (χ2n) is 5.75. The number of halogens is 2. The van der Waals surface area contributed by atoms with Crippen LogP contribution in [0.2, 0.25) is 10.0 Å². The molecule has 0 aliphatic heterocycles. The molecule has 140 valence electrons. The van der Waals surface area contributed by atoms with Gasteiger partial charge in [-0.25, -0.2) is 13.2 Å². The van der Waals surface area contributed by atoms with Gasteiger partial charge in [0.1, 0.15) is 0 Å². The molecule has 6 nitrogen and oxygen atoms in total. The second-order valence-corrected chi connectivity index (χ2v) is 8.34. The van der Waals surface area contributed by atoms with Crippen molar-refractivity contribution in [3.63, 3.8) is 0 Å². The van der Waals surface area contributed by atoms with Gasteiger partial charge in [0, 0.05) is 16.6 Å². The van der Waals surface area contributed by atoms with E-state index in [0.717, 1.165) is 11.8 Å². The molecule has 0 radical (unpaired) electrons. The maximum absolute atomic E-state index is 12.1. The van der Waals surface area contributed by atoms with E-state index >= 15 is 0 Å². The fraction of sp³-hybridized carbons (Fsp3) is 0.235. The number of amides is 2. The van der Waals surface area contributed by atoms with Crippen LogP contribution in [0.4, 0.5) is 10.5 Å². The third kappa shape index (κ3) is 6.09. The second kappa shape index (κ2) is 8.62.